The van der Waals surface area contributed by atoms with Crippen molar-refractivity contribution in [1.29, 1.82) is 0 Å². The third kappa shape index (κ3) is 5.71. The highest BCUT2D eigenvalue weighted by atomic mass is 16.5. The van der Waals surface area contributed by atoms with Crippen LogP contribution < -0.4 is 4.74 Å². The fourth-order valence-corrected chi connectivity index (χ4v) is 3.07. The molecule has 3 aromatic rings. The first kappa shape index (κ1) is 18.7. The molecule has 0 saturated carbocycles. The molecule has 0 aliphatic heterocycles. The number of hydrogen-bond donors (Lipinski definition) is 0. The maximum absolute atomic E-state index is 13.0. The number of carbonyl (C=O) groups is 1. The van der Waals surface area contributed by atoms with E-state index in [4.69, 9.17) is 4.74 Å². The van der Waals surface area contributed by atoms with E-state index >= 15 is 0 Å². The lowest BCUT2D eigenvalue weighted by atomic mass is 10.1. The number of carbonyl (C=O) groups excluding carboxylic acids is 1. The van der Waals surface area contributed by atoms with E-state index in [1.165, 1.54) is 5.56 Å². The van der Waals surface area contributed by atoms with Gasteiger partial charge in [-0.3, -0.25) is 4.79 Å². The summed E-state index contributed by atoms with van der Waals surface area (Å²) in [6.07, 6.45) is 1.22. The van der Waals surface area contributed by atoms with Crippen LogP contribution in [0.4, 0.5) is 0 Å². The molecule has 0 aliphatic rings. The van der Waals surface area contributed by atoms with Crippen molar-refractivity contribution in [2.75, 3.05) is 13.7 Å². The van der Waals surface area contributed by atoms with Gasteiger partial charge >= 0.3 is 0 Å². The van der Waals surface area contributed by atoms with Gasteiger partial charge in [-0.1, -0.05) is 72.8 Å². The molecule has 0 fully saturated rings. The second-order valence-electron chi connectivity index (χ2n) is 6.56. The van der Waals surface area contributed by atoms with E-state index < -0.39 is 0 Å². The van der Waals surface area contributed by atoms with Gasteiger partial charge in [-0.15, -0.1) is 0 Å². The molecule has 3 rings (SSSR count). The van der Waals surface area contributed by atoms with Crippen LogP contribution in [0.5, 0.6) is 5.75 Å². The lowest BCUT2D eigenvalue weighted by Crippen LogP contribution is -2.33. The van der Waals surface area contributed by atoms with Crippen LogP contribution in [-0.2, 0) is 24.2 Å². The molecule has 0 aliphatic carbocycles. The van der Waals surface area contributed by atoms with Crippen LogP contribution in [0.1, 0.15) is 16.7 Å². The molecule has 3 heteroatoms. The first-order chi connectivity index (χ1) is 13.2. The maximum Gasteiger partial charge on any atom is 0.227 e. The number of amides is 1. The number of nitrogens with zero attached hydrogens (tertiary/aromatic N) is 1. The molecule has 0 bridgehead atoms. The average Bonchev–Trinajstić information content (AvgIpc) is 2.72. The number of benzene rings is 3. The second kappa shape index (κ2) is 9.58. The largest absolute Gasteiger partial charge is 0.497 e. The lowest BCUT2D eigenvalue weighted by Gasteiger charge is -2.23. The molecule has 3 aromatic carbocycles. The van der Waals surface area contributed by atoms with E-state index in [1.54, 1.807) is 7.11 Å². The second-order valence-corrected chi connectivity index (χ2v) is 6.56. The van der Waals surface area contributed by atoms with Crippen LogP contribution in [0.15, 0.2) is 84.9 Å². The first-order valence-corrected chi connectivity index (χ1v) is 9.23. The monoisotopic (exact) mass is 359 g/mol. The van der Waals surface area contributed by atoms with Gasteiger partial charge in [-0.2, -0.15) is 0 Å². The van der Waals surface area contributed by atoms with Crippen LogP contribution in [0, 0.1) is 0 Å². The van der Waals surface area contributed by atoms with Crippen LogP contribution in [0.3, 0.4) is 0 Å². The van der Waals surface area contributed by atoms with Crippen LogP contribution in [-0.4, -0.2) is 24.5 Å². The van der Waals surface area contributed by atoms with Crippen molar-refractivity contribution in [3.05, 3.63) is 102 Å². The molecule has 0 aromatic heterocycles. The quantitative estimate of drug-likeness (QED) is 0.592. The Labute approximate surface area is 161 Å². The number of hydrogen-bond acceptors (Lipinski definition) is 2. The Bertz CT molecular complexity index is 847. The van der Waals surface area contributed by atoms with E-state index in [1.807, 2.05) is 65.6 Å². The van der Waals surface area contributed by atoms with Crippen molar-refractivity contribution in [3.63, 3.8) is 0 Å². The van der Waals surface area contributed by atoms with Gasteiger partial charge in [0, 0.05) is 13.1 Å². The van der Waals surface area contributed by atoms with Gasteiger partial charge < -0.3 is 9.64 Å². The first-order valence-electron chi connectivity index (χ1n) is 9.23. The molecule has 1 amide bonds. The number of ether oxygens (including phenoxy) is 1. The van der Waals surface area contributed by atoms with Crippen molar-refractivity contribution in [2.45, 2.75) is 19.4 Å². The van der Waals surface area contributed by atoms with Crippen LogP contribution in [0.2, 0.25) is 0 Å². The average molecular weight is 359 g/mol. The van der Waals surface area contributed by atoms with E-state index in [2.05, 4.69) is 24.3 Å². The van der Waals surface area contributed by atoms with Gasteiger partial charge in [-0.05, 0) is 35.2 Å². The molecule has 0 spiro atoms. The molecule has 0 N–H and O–H groups in total. The van der Waals surface area contributed by atoms with Crippen molar-refractivity contribution < 1.29 is 9.53 Å². The van der Waals surface area contributed by atoms with Crippen molar-refractivity contribution in [2.24, 2.45) is 0 Å². The Balaban J connectivity index is 1.71. The summed E-state index contributed by atoms with van der Waals surface area (Å²) in [7, 11) is 1.64. The van der Waals surface area contributed by atoms with E-state index in [-0.39, 0.29) is 5.91 Å². The number of rotatable bonds is 8. The molecule has 0 atom stereocenters. The minimum Gasteiger partial charge on any atom is -0.497 e. The van der Waals surface area contributed by atoms with E-state index in [9.17, 15) is 4.79 Å². The summed E-state index contributed by atoms with van der Waals surface area (Å²) in [5.74, 6) is 0.905. The Morgan fingerprint density at radius 3 is 2.11 bits per heavy atom. The fraction of sp³-hybridized carbons (Fsp3) is 0.208. The third-order valence-corrected chi connectivity index (χ3v) is 4.57. The van der Waals surface area contributed by atoms with Crippen molar-refractivity contribution in [1.82, 2.24) is 4.90 Å². The van der Waals surface area contributed by atoms with Gasteiger partial charge in [0.05, 0.1) is 13.5 Å². The van der Waals surface area contributed by atoms with Gasteiger partial charge in [0.2, 0.25) is 5.91 Å². The summed E-state index contributed by atoms with van der Waals surface area (Å²) >= 11 is 0. The van der Waals surface area contributed by atoms with E-state index in [0.29, 0.717) is 19.5 Å². The molecular formula is C24H25NO2. The summed E-state index contributed by atoms with van der Waals surface area (Å²) < 4.78 is 5.27. The Morgan fingerprint density at radius 1 is 0.815 bits per heavy atom. The zero-order valence-corrected chi connectivity index (χ0v) is 15.7. The zero-order chi connectivity index (χ0) is 18.9. The van der Waals surface area contributed by atoms with E-state index in [0.717, 1.165) is 23.3 Å². The fourth-order valence-electron chi connectivity index (χ4n) is 3.07. The van der Waals surface area contributed by atoms with Gasteiger partial charge in [0.15, 0.2) is 0 Å². The summed E-state index contributed by atoms with van der Waals surface area (Å²) in [6, 6.07) is 28.2. The summed E-state index contributed by atoms with van der Waals surface area (Å²) in [6.45, 7) is 1.32. The molecule has 0 radical (unpaired) electrons. The minimum atomic E-state index is 0.128. The molecular weight excluding hydrogens is 334 g/mol. The maximum atomic E-state index is 13.0. The predicted molar refractivity (Wildman–Crippen MR) is 109 cm³/mol. The van der Waals surface area contributed by atoms with Crippen molar-refractivity contribution >= 4 is 5.91 Å². The van der Waals surface area contributed by atoms with Gasteiger partial charge in [-0.25, -0.2) is 0 Å². The summed E-state index contributed by atoms with van der Waals surface area (Å²) in [5, 5.41) is 0. The highest BCUT2D eigenvalue weighted by molar-refractivity contribution is 5.79. The molecule has 0 saturated heterocycles. The topological polar surface area (TPSA) is 29.5 Å². The molecule has 27 heavy (non-hydrogen) atoms. The molecule has 3 nitrogen and oxygen atoms in total. The Morgan fingerprint density at radius 2 is 1.44 bits per heavy atom. The normalized spacial score (nSPS) is 10.4. The number of methoxy groups -OCH3 is 1. The highest BCUT2D eigenvalue weighted by Gasteiger charge is 2.15. The highest BCUT2D eigenvalue weighted by Crippen LogP contribution is 2.15. The molecule has 0 unspecified atom stereocenters. The smallest absolute Gasteiger partial charge is 0.227 e. The Hall–Kier alpha value is -3.07. The SMILES string of the molecule is COc1cccc(CC(=O)N(CCc2ccccc2)Cc2ccccc2)c1. The predicted octanol–water partition coefficient (Wildman–Crippen LogP) is 4.51. The van der Waals surface area contributed by atoms with Crippen molar-refractivity contribution in [3.8, 4) is 5.75 Å². The Kier molecular flexibility index (Phi) is 6.64. The minimum absolute atomic E-state index is 0.128. The summed E-state index contributed by atoms with van der Waals surface area (Å²) in [4.78, 5) is 15.0. The lowest BCUT2D eigenvalue weighted by molar-refractivity contribution is -0.131. The van der Waals surface area contributed by atoms with Gasteiger partial charge in [0.25, 0.3) is 0 Å². The molecule has 0 heterocycles. The zero-order valence-electron chi connectivity index (χ0n) is 15.7. The standard InChI is InChI=1S/C24H25NO2/c1-27-23-14-8-13-22(17-23)18-24(26)25(19-21-11-6-3-7-12-21)16-15-20-9-4-2-5-10-20/h2-14,17H,15-16,18-19H2,1H3. The third-order valence-electron chi connectivity index (χ3n) is 4.57. The molecule has 138 valence electrons. The van der Waals surface area contributed by atoms with Crippen LogP contribution in [0.25, 0.3) is 0 Å². The summed E-state index contributed by atoms with van der Waals surface area (Å²) in [5.41, 5.74) is 3.35. The van der Waals surface area contributed by atoms with Crippen LogP contribution >= 0.6 is 0 Å². The van der Waals surface area contributed by atoms with Gasteiger partial charge in [0.1, 0.15) is 5.75 Å².